The van der Waals surface area contributed by atoms with Crippen molar-refractivity contribution in [3.63, 3.8) is 0 Å². The van der Waals surface area contributed by atoms with E-state index in [0.717, 1.165) is 22.4 Å². The van der Waals surface area contributed by atoms with Crippen LogP contribution >= 0.6 is 0 Å². The molecule has 3 aromatic rings. The standard InChI is InChI=1S/C14H10N4O/c15-5-7-19-11-3-1-2-10(8-11)14-17-12-4-6-16-9-13(12)18-14/h1-4,6,8-9H,7H2,(H,17,18). The largest absolute Gasteiger partial charge is 0.479 e. The quantitative estimate of drug-likeness (QED) is 0.775. The highest BCUT2D eigenvalue weighted by Crippen LogP contribution is 2.23. The second-order valence-electron chi connectivity index (χ2n) is 3.95. The molecule has 0 fully saturated rings. The summed E-state index contributed by atoms with van der Waals surface area (Å²) in [6.45, 7) is 0.0352. The van der Waals surface area contributed by atoms with Gasteiger partial charge in [0.2, 0.25) is 0 Å². The molecule has 0 unspecified atom stereocenters. The third-order valence-electron chi connectivity index (χ3n) is 2.69. The number of aromatic amines is 1. The van der Waals surface area contributed by atoms with Crippen LogP contribution in [0.1, 0.15) is 0 Å². The summed E-state index contributed by atoms with van der Waals surface area (Å²) in [6.07, 6.45) is 3.45. The lowest BCUT2D eigenvalue weighted by molar-refractivity contribution is 0.368. The van der Waals surface area contributed by atoms with Gasteiger partial charge in [0.25, 0.3) is 0 Å². The minimum Gasteiger partial charge on any atom is -0.479 e. The van der Waals surface area contributed by atoms with Crippen molar-refractivity contribution in [1.82, 2.24) is 15.0 Å². The van der Waals surface area contributed by atoms with Gasteiger partial charge in [0.15, 0.2) is 6.61 Å². The maximum absolute atomic E-state index is 8.51. The van der Waals surface area contributed by atoms with Crippen molar-refractivity contribution in [2.45, 2.75) is 0 Å². The maximum atomic E-state index is 8.51. The Morgan fingerprint density at radius 1 is 1.32 bits per heavy atom. The van der Waals surface area contributed by atoms with Gasteiger partial charge in [0, 0.05) is 11.8 Å². The third-order valence-corrected chi connectivity index (χ3v) is 2.69. The first kappa shape index (κ1) is 11.2. The van der Waals surface area contributed by atoms with E-state index in [2.05, 4.69) is 15.0 Å². The lowest BCUT2D eigenvalue weighted by Gasteiger charge is -2.02. The van der Waals surface area contributed by atoms with E-state index in [0.29, 0.717) is 5.75 Å². The first-order chi connectivity index (χ1) is 9.36. The van der Waals surface area contributed by atoms with E-state index in [9.17, 15) is 0 Å². The zero-order valence-corrected chi connectivity index (χ0v) is 10.00. The van der Waals surface area contributed by atoms with Crippen LogP contribution in [0.25, 0.3) is 22.4 Å². The molecule has 0 bridgehead atoms. The van der Waals surface area contributed by atoms with Gasteiger partial charge in [0.1, 0.15) is 17.6 Å². The van der Waals surface area contributed by atoms with Gasteiger partial charge in [-0.15, -0.1) is 0 Å². The molecule has 0 aliphatic carbocycles. The van der Waals surface area contributed by atoms with Crippen LogP contribution in [0.15, 0.2) is 42.7 Å². The molecule has 1 aromatic carbocycles. The van der Waals surface area contributed by atoms with Crippen molar-refractivity contribution in [3.8, 4) is 23.2 Å². The number of nitrogens with one attached hydrogen (secondary N) is 1. The van der Waals surface area contributed by atoms with Crippen molar-refractivity contribution in [3.05, 3.63) is 42.7 Å². The summed E-state index contributed by atoms with van der Waals surface area (Å²) in [5.41, 5.74) is 2.67. The Morgan fingerprint density at radius 3 is 3.11 bits per heavy atom. The predicted molar refractivity (Wildman–Crippen MR) is 70.4 cm³/mol. The van der Waals surface area contributed by atoms with E-state index in [1.807, 2.05) is 36.4 Å². The van der Waals surface area contributed by atoms with Gasteiger partial charge in [0.05, 0.1) is 17.2 Å². The second-order valence-corrected chi connectivity index (χ2v) is 3.95. The van der Waals surface area contributed by atoms with Gasteiger partial charge in [-0.05, 0) is 18.2 Å². The number of hydrogen-bond donors (Lipinski definition) is 1. The molecule has 5 heteroatoms. The molecule has 0 aliphatic rings. The Labute approximate surface area is 109 Å². The highest BCUT2D eigenvalue weighted by molar-refractivity contribution is 5.78. The SMILES string of the molecule is N#CCOc1cccc(-c2nc3ccncc3[nH]2)c1. The van der Waals surface area contributed by atoms with Crippen LogP contribution in [-0.4, -0.2) is 21.6 Å². The van der Waals surface area contributed by atoms with Crippen molar-refractivity contribution >= 4 is 11.0 Å². The first-order valence-corrected chi connectivity index (χ1v) is 5.77. The normalized spacial score (nSPS) is 10.3. The molecule has 0 amide bonds. The van der Waals surface area contributed by atoms with Crippen molar-refractivity contribution in [2.24, 2.45) is 0 Å². The van der Waals surface area contributed by atoms with Crippen LogP contribution in [-0.2, 0) is 0 Å². The van der Waals surface area contributed by atoms with Gasteiger partial charge < -0.3 is 9.72 Å². The number of hydrogen-bond acceptors (Lipinski definition) is 4. The molecule has 0 saturated heterocycles. The van der Waals surface area contributed by atoms with Crippen LogP contribution in [0.5, 0.6) is 5.75 Å². The number of pyridine rings is 1. The Balaban J connectivity index is 1.99. The van der Waals surface area contributed by atoms with Crippen molar-refractivity contribution in [1.29, 1.82) is 5.26 Å². The molecule has 3 rings (SSSR count). The van der Waals surface area contributed by atoms with Crippen molar-refractivity contribution < 1.29 is 4.74 Å². The Bertz CT molecular complexity index is 724. The molecule has 0 saturated carbocycles. The van der Waals surface area contributed by atoms with Crippen LogP contribution < -0.4 is 4.74 Å². The summed E-state index contributed by atoms with van der Waals surface area (Å²) >= 11 is 0. The van der Waals surface area contributed by atoms with E-state index in [1.165, 1.54) is 0 Å². The molecule has 1 N–H and O–H groups in total. The predicted octanol–water partition coefficient (Wildman–Crippen LogP) is 2.53. The number of rotatable bonds is 3. The topological polar surface area (TPSA) is 74.6 Å². The average Bonchev–Trinajstić information content (AvgIpc) is 2.89. The molecule has 0 atom stereocenters. The molecule has 0 aliphatic heterocycles. The van der Waals surface area contributed by atoms with E-state index < -0.39 is 0 Å². The van der Waals surface area contributed by atoms with Gasteiger partial charge in [-0.25, -0.2) is 4.98 Å². The average molecular weight is 250 g/mol. The summed E-state index contributed by atoms with van der Waals surface area (Å²) in [5, 5.41) is 8.51. The monoisotopic (exact) mass is 250 g/mol. The lowest BCUT2D eigenvalue weighted by Crippen LogP contribution is -1.93. The zero-order valence-electron chi connectivity index (χ0n) is 10.00. The lowest BCUT2D eigenvalue weighted by atomic mass is 10.2. The highest BCUT2D eigenvalue weighted by Gasteiger charge is 2.06. The summed E-state index contributed by atoms with van der Waals surface area (Å²) in [4.78, 5) is 11.7. The maximum Gasteiger partial charge on any atom is 0.174 e. The minimum atomic E-state index is 0.0352. The van der Waals surface area contributed by atoms with Crippen LogP contribution in [0, 0.1) is 11.3 Å². The van der Waals surface area contributed by atoms with Crippen LogP contribution in [0.2, 0.25) is 0 Å². The van der Waals surface area contributed by atoms with Crippen LogP contribution in [0.4, 0.5) is 0 Å². The number of aromatic nitrogens is 3. The number of benzene rings is 1. The van der Waals surface area contributed by atoms with E-state index >= 15 is 0 Å². The van der Waals surface area contributed by atoms with E-state index in [4.69, 9.17) is 10.00 Å². The summed E-state index contributed by atoms with van der Waals surface area (Å²) < 4.78 is 5.28. The van der Waals surface area contributed by atoms with Gasteiger partial charge in [-0.1, -0.05) is 12.1 Å². The molecule has 2 aromatic heterocycles. The smallest absolute Gasteiger partial charge is 0.174 e. The number of ether oxygens (including phenoxy) is 1. The van der Waals surface area contributed by atoms with Crippen LogP contribution in [0.3, 0.4) is 0 Å². The minimum absolute atomic E-state index is 0.0352. The number of H-pyrrole nitrogens is 1. The summed E-state index contributed by atoms with van der Waals surface area (Å²) in [7, 11) is 0. The third kappa shape index (κ3) is 2.24. The molecular weight excluding hydrogens is 240 g/mol. The Morgan fingerprint density at radius 2 is 2.26 bits per heavy atom. The number of nitriles is 1. The van der Waals surface area contributed by atoms with Crippen molar-refractivity contribution in [2.75, 3.05) is 6.61 Å². The van der Waals surface area contributed by atoms with Gasteiger partial charge in [-0.3, -0.25) is 4.98 Å². The fraction of sp³-hybridized carbons (Fsp3) is 0.0714. The number of fused-ring (bicyclic) bond motifs is 1. The summed E-state index contributed by atoms with van der Waals surface area (Å²) in [5.74, 6) is 1.41. The fourth-order valence-corrected chi connectivity index (χ4v) is 1.84. The Hall–Kier alpha value is -2.87. The molecule has 5 nitrogen and oxygen atoms in total. The van der Waals surface area contributed by atoms with E-state index in [-0.39, 0.29) is 6.61 Å². The number of nitrogens with zero attached hydrogens (tertiary/aromatic N) is 3. The fourth-order valence-electron chi connectivity index (χ4n) is 1.84. The highest BCUT2D eigenvalue weighted by atomic mass is 16.5. The molecule has 19 heavy (non-hydrogen) atoms. The first-order valence-electron chi connectivity index (χ1n) is 5.77. The molecule has 0 radical (unpaired) electrons. The van der Waals surface area contributed by atoms with E-state index in [1.54, 1.807) is 12.4 Å². The summed E-state index contributed by atoms with van der Waals surface area (Å²) in [6, 6.07) is 11.3. The van der Waals surface area contributed by atoms with Gasteiger partial charge in [-0.2, -0.15) is 5.26 Å². The van der Waals surface area contributed by atoms with Gasteiger partial charge >= 0.3 is 0 Å². The molecule has 2 heterocycles. The number of imidazole rings is 1. The zero-order chi connectivity index (χ0) is 13.1. The second kappa shape index (κ2) is 4.78. The molecular formula is C14H10N4O. The molecule has 0 spiro atoms. The molecule has 92 valence electrons. The Kier molecular flexibility index (Phi) is 2.83.